The zero-order valence-electron chi connectivity index (χ0n) is 12.7. The average Bonchev–Trinajstić information content (AvgIpc) is 3.13. The van der Waals surface area contributed by atoms with Crippen LogP contribution in [-0.4, -0.2) is 40.5 Å². The van der Waals surface area contributed by atoms with Crippen molar-refractivity contribution in [2.45, 2.75) is 55.4 Å². The highest BCUT2D eigenvalue weighted by atomic mass is 79.9. The number of hydrogen-bond donors (Lipinski definition) is 1. The van der Waals surface area contributed by atoms with Crippen molar-refractivity contribution in [3.05, 3.63) is 0 Å². The summed E-state index contributed by atoms with van der Waals surface area (Å²) in [7, 11) is 0. The number of alkyl carbamates (subject to hydrolysis) is 1. The largest absolute Gasteiger partial charge is 0.444 e. The van der Waals surface area contributed by atoms with Crippen LogP contribution in [0.25, 0.3) is 0 Å². The Morgan fingerprint density at radius 3 is 2.38 bits per heavy atom. The smallest absolute Gasteiger partial charge is 0.408 e. The molecule has 1 amide bonds. The number of ketones is 1. The molecule has 21 heavy (non-hydrogen) atoms. The fraction of sp³-hybridized carbons (Fsp3) is 0.857. The Morgan fingerprint density at radius 2 is 1.90 bits per heavy atom. The van der Waals surface area contributed by atoms with Gasteiger partial charge in [-0.3, -0.25) is 4.79 Å². The average molecular weight is 429 g/mol. The molecule has 0 radical (unpaired) electrons. The van der Waals surface area contributed by atoms with Gasteiger partial charge in [0.25, 0.3) is 0 Å². The first-order valence-corrected chi connectivity index (χ1v) is 8.91. The summed E-state index contributed by atoms with van der Waals surface area (Å²) in [4.78, 5) is 23.8. The highest BCUT2D eigenvalue weighted by Crippen LogP contribution is 2.32. The summed E-state index contributed by atoms with van der Waals surface area (Å²) in [6.45, 7) is 6.08. The second kappa shape index (κ2) is 8.48. The number of Topliss-reactive ketones (excluding diaryl/α,β-unsaturated/α-hetero) is 1. The molecule has 0 unspecified atom stereocenters. The lowest BCUT2D eigenvalue weighted by molar-refractivity contribution is -0.120. The van der Waals surface area contributed by atoms with E-state index < -0.39 is 21.5 Å². The summed E-state index contributed by atoms with van der Waals surface area (Å²) in [6, 6.07) is -0.734. The number of ether oxygens (including phenoxy) is 2. The van der Waals surface area contributed by atoms with Gasteiger partial charge >= 0.3 is 6.09 Å². The van der Waals surface area contributed by atoms with E-state index in [1.165, 1.54) is 12.8 Å². The molecule has 0 aromatic heterocycles. The van der Waals surface area contributed by atoms with E-state index in [-0.39, 0.29) is 12.4 Å². The van der Waals surface area contributed by atoms with Crippen molar-refractivity contribution in [3.63, 3.8) is 0 Å². The van der Waals surface area contributed by atoms with E-state index in [4.69, 9.17) is 9.47 Å². The lowest BCUT2D eigenvalue weighted by atomic mass is 10.2. The Morgan fingerprint density at radius 1 is 1.29 bits per heavy atom. The van der Waals surface area contributed by atoms with Crippen molar-refractivity contribution in [2.75, 3.05) is 13.2 Å². The van der Waals surface area contributed by atoms with Crippen molar-refractivity contribution in [1.29, 1.82) is 0 Å². The number of nitrogens with one attached hydrogen (secondary N) is 1. The SMILES string of the molecule is CC(C)(C)OC(=O)N[C@@H](COCCC1CC1)C(=O)C(Br)Br. The summed E-state index contributed by atoms with van der Waals surface area (Å²) in [5.41, 5.74) is -0.604. The van der Waals surface area contributed by atoms with Crippen molar-refractivity contribution < 1.29 is 19.1 Å². The zero-order valence-corrected chi connectivity index (χ0v) is 15.8. The summed E-state index contributed by atoms with van der Waals surface area (Å²) in [6.07, 6.45) is 2.94. The van der Waals surface area contributed by atoms with E-state index in [0.29, 0.717) is 6.61 Å². The van der Waals surface area contributed by atoms with Gasteiger partial charge in [-0.15, -0.1) is 0 Å². The van der Waals surface area contributed by atoms with Crippen molar-refractivity contribution in [3.8, 4) is 0 Å². The number of amides is 1. The predicted molar refractivity (Wildman–Crippen MR) is 88.0 cm³/mol. The first-order valence-electron chi connectivity index (χ1n) is 7.08. The van der Waals surface area contributed by atoms with Crippen LogP contribution in [0.1, 0.15) is 40.0 Å². The fourth-order valence-corrected chi connectivity index (χ4v) is 2.29. The standard InChI is InChI=1S/C14H23Br2NO4/c1-14(2,3)21-13(19)17-10(11(18)12(15)16)8-20-7-6-9-4-5-9/h9-10,12H,4-8H2,1-3H3,(H,17,19)/t10-/m0/s1. The molecule has 1 aliphatic rings. The molecule has 1 N–H and O–H groups in total. The van der Waals surface area contributed by atoms with Crippen molar-refractivity contribution >= 4 is 43.7 Å². The minimum absolute atomic E-state index is 0.151. The first kappa shape index (κ1) is 18.9. The number of hydrogen-bond acceptors (Lipinski definition) is 4. The van der Waals surface area contributed by atoms with Crippen LogP contribution in [-0.2, 0) is 14.3 Å². The maximum Gasteiger partial charge on any atom is 0.408 e. The summed E-state index contributed by atoms with van der Waals surface area (Å²) in [5, 5.41) is 2.56. The monoisotopic (exact) mass is 427 g/mol. The fourth-order valence-electron chi connectivity index (χ4n) is 1.65. The highest BCUT2D eigenvalue weighted by molar-refractivity contribution is 9.25. The van der Waals surface area contributed by atoms with Gasteiger partial charge < -0.3 is 14.8 Å². The first-order chi connectivity index (χ1) is 9.69. The zero-order chi connectivity index (χ0) is 16.0. The molecule has 1 saturated carbocycles. The minimum atomic E-state index is -0.734. The van der Waals surface area contributed by atoms with Gasteiger partial charge in [0, 0.05) is 6.61 Å². The molecule has 0 saturated heterocycles. The van der Waals surface area contributed by atoms with Crippen LogP contribution in [0.2, 0.25) is 0 Å². The van der Waals surface area contributed by atoms with E-state index in [1.807, 2.05) is 0 Å². The van der Waals surface area contributed by atoms with Crippen LogP contribution < -0.4 is 5.32 Å². The number of carbonyl (C=O) groups excluding carboxylic acids is 2. The molecule has 1 atom stereocenters. The second-order valence-corrected chi connectivity index (χ2v) is 9.27. The van der Waals surface area contributed by atoms with Gasteiger partial charge in [-0.1, -0.05) is 44.7 Å². The Labute approximate surface area is 142 Å². The Hall–Kier alpha value is -0.140. The molecular weight excluding hydrogens is 406 g/mol. The van der Waals surface area contributed by atoms with Crippen LogP contribution in [0, 0.1) is 5.92 Å². The molecule has 7 heteroatoms. The number of halogens is 2. The van der Waals surface area contributed by atoms with Gasteiger partial charge in [0.1, 0.15) is 15.4 Å². The van der Waals surface area contributed by atoms with Gasteiger partial charge in [0.2, 0.25) is 0 Å². The quantitative estimate of drug-likeness (QED) is 0.475. The molecule has 1 aliphatic carbocycles. The molecule has 0 aliphatic heterocycles. The summed E-state index contributed by atoms with van der Waals surface area (Å²) >= 11 is 6.31. The molecule has 5 nitrogen and oxygen atoms in total. The normalized spacial score (nSPS) is 16.7. The molecule has 0 aromatic rings. The minimum Gasteiger partial charge on any atom is -0.444 e. The third-order valence-electron chi connectivity index (χ3n) is 2.90. The van der Waals surface area contributed by atoms with Gasteiger partial charge in [-0.2, -0.15) is 0 Å². The van der Waals surface area contributed by atoms with E-state index in [2.05, 4.69) is 37.2 Å². The highest BCUT2D eigenvalue weighted by Gasteiger charge is 2.28. The Bertz CT molecular complexity index is 364. The molecule has 122 valence electrons. The van der Waals surface area contributed by atoms with E-state index in [0.717, 1.165) is 12.3 Å². The van der Waals surface area contributed by atoms with Crippen LogP contribution in [0.15, 0.2) is 0 Å². The summed E-state index contributed by atoms with van der Waals surface area (Å²) < 4.78 is 10.1. The molecule has 0 spiro atoms. The molecule has 0 aromatic carbocycles. The number of carbonyl (C=O) groups is 2. The maximum absolute atomic E-state index is 12.0. The molecule has 1 fully saturated rings. The molecule has 0 bridgehead atoms. The van der Waals surface area contributed by atoms with E-state index in [9.17, 15) is 9.59 Å². The molecular formula is C14H23Br2NO4. The third-order valence-corrected chi connectivity index (χ3v) is 3.80. The van der Waals surface area contributed by atoms with Crippen LogP contribution in [0.5, 0.6) is 0 Å². The molecule has 0 heterocycles. The lowest BCUT2D eigenvalue weighted by Gasteiger charge is -2.23. The number of rotatable bonds is 8. The van der Waals surface area contributed by atoms with Crippen LogP contribution >= 0.6 is 31.9 Å². The maximum atomic E-state index is 12.0. The number of alkyl halides is 2. The van der Waals surface area contributed by atoms with Gasteiger partial charge in [-0.05, 0) is 33.1 Å². The second-order valence-electron chi connectivity index (χ2n) is 6.21. The Kier molecular flexibility index (Phi) is 7.64. The van der Waals surface area contributed by atoms with Crippen molar-refractivity contribution in [2.24, 2.45) is 5.92 Å². The topological polar surface area (TPSA) is 64.6 Å². The molecule has 1 rings (SSSR count). The van der Waals surface area contributed by atoms with E-state index in [1.54, 1.807) is 20.8 Å². The van der Waals surface area contributed by atoms with Gasteiger partial charge in [0.15, 0.2) is 5.78 Å². The predicted octanol–water partition coefficient (Wildman–Crippen LogP) is 3.38. The summed E-state index contributed by atoms with van der Waals surface area (Å²) in [5.74, 6) is 0.574. The van der Waals surface area contributed by atoms with Crippen LogP contribution in [0.3, 0.4) is 0 Å². The lowest BCUT2D eigenvalue weighted by Crippen LogP contribution is -2.47. The van der Waals surface area contributed by atoms with Gasteiger partial charge in [-0.25, -0.2) is 4.79 Å². The van der Waals surface area contributed by atoms with Crippen molar-refractivity contribution in [1.82, 2.24) is 5.32 Å². The van der Waals surface area contributed by atoms with Crippen LogP contribution in [0.4, 0.5) is 4.79 Å². The van der Waals surface area contributed by atoms with E-state index >= 15 is 0 Å². The Balaban J connectivity index is 2.42. The van der Waals surface area contributed by atoms with Gasteiger partial charge in [0.05, 0.1) is 6.61 Å². The third kappa shape index (κ3) is 8.78.